The minimum Gasteiger partial charge on any atom is -0.352 e. The summed E-state index contributed by atoms with van der Waals surface area (Å²) in [5.41, 5.74) is 2.40. The molecule has 1 fully saturated rings. The second-order valence-electron chi connectivity index (χ2n) is 7.19. The molecule has 1 aliphatic heterocycles. The highest BCUT2D eigenvalue weighted by atomic mass is 35.5. The number of hydrogen-bond acceptors (Lipinski definition) is 4. The second kappa shape index (κ2) is 10.8. The first-order valence-corrected chi connectivity index (χ1v) is 9.99. The molecule has 6 nitrogen and oxygen atoms in total. The Bertz CT molecular complexity index is 772. The van der Waals surface area contributed by atoms with Crippen LogP contribution in [0.5, 0.6) is 0 Å². The molecule has 0 bridgehead atoms. The van der Waals surface area contributed by atoms with Crippen LogP contribution in [-0.2, 0) is 0 Å². The fraction of sp³-hybridized carbons (Fsp3) is 0.500. The first kappa shape index (κ1) is 22.7. The number of benzene rings is 1. The van der Waals surface area contributed by atoms with Gasteiger partial charge in [-0.1, -0.05) is 31.5 Å². The van der Waals surface area contributed by atoms with Crippen molar-refractivity contribution in [1.29, 1.82) is 0 Å². The summed E-state index contributed by atoms with van der Waals surface area (Å²) in [6.07, 6.45) is 2.60. The van der Waals surface area contributed by atoms with Crippen LogP contribution in [0.4, 0.5) is 0 Å². The highest BCUT2D eigenvalue weighted by Gasteiger charge is 2.21. The number of rotatable bonds is 7. The smallest absolute Gasteiger partial charge is 0.254 e. The lowest BCUT2D eigenvalue weighted by molar-refractivity contribution is 0.0950. The van der Waals surface area contributed by atoms with Crippen LogP contribution < -0.4 is 10.6 Å². The van der Waals surface area contributed by atoms with Gasteiger partial charge in [0.2, 0.25) is 0 Å². The zero-order valence-electron chi connectivity index (χ0n) is 16.4. The molecule has 2 heterocycles. The number of aromatic nitrogens is 2. The van der Waals surface area contributed by atoms with Gasteiger partial charge in [-0.15, -0.1) is 12.4 Å². The predicted molar refractivity (Wildman–Crippen MR) is 116 cm³/mol. The molecule has 3 rings (SSSR count). The quantitative estimate of drug-likeness (QED) is 0.668. The van der Waals surface area contributed by atoms with Gasteiger partial charge < -0.3 is 15.5 Å². The van der Waals surface area contributed by atoms with E-state index in [0.717, 1.165) is 50.5 Å². The molecule has 1 aromatic carbocycles. The highest BCUT2D eigenvalue weighted by molar-refractivity contribution is 6.30. The second-order valence-corrected chi connectivity index (χ2v) is 7.63. The van der Waals surface area contributed by atoms with Gasteiger partial charge in [-0.25, -0.2) is 4.68 Å². The van der Waals surface area contributed by atoms with Gasteiger partial charge in [0, 0.05) is 37.7 Å². The molecule has 2 N–H and O–H groups in total. The number of hydrogen-bond donors (Lipinski definition) is 2. The standard InChI is InChI=1S/C20H28ClN5O.ClH/c1-15(2)19-18(14-24-26(19)17-6-3-5-16(21)13-17)20(27)23-7-4-10-25-11-8-22-9-12-25;/h3,5-6,13-15,22H,4,7-12H2,1-2H3,(H,23,27);1H. The summed E-state index contributed by atoms with van der Waals surface area (Å²) in [7, 11) is 0. The van der Waals surface area contributed by atoms with Gasteiger partial charge in [-0.3, -0.25) is 4.79 Å². The van der Waals surface area contributed by atoms with Crippen molar-refractivity contribution < 1.29 is 4.79 Å². The average molecular weight is 426 g/mol. The molecule has 154 valence electrons. The van der Waals surface area contributed by atoms with Crippen LogP contribution in [0, 0.1) is 0 Å². The summed E-state index contributed by atoms with van der Waals surface area (Å²) in [4.78, 5) is 15.1. The zero-order valence-corrected chi connectivity index (χ0v) is 18.0. The van der Waals surface area contributed by atoms with E-state index < -0.39 is 0 Å². The van der Waals surface area contributed by atoms with Gasteiger partial charge in [0.15, 0.2) is 0 Å². The Hall–Kier alpha value is -1.60. The minimum atomic E-state index is -0.0627. The molecule has 0 spiro atoms. The summed E-state index contributed by atoms with van der Waals surface area (Å²) in [5.74, 6) is 0.0976. The summed E-state index contributed by atoms with van der Waals surface area (Å²) < 4.78 is 1.81. The normalized spacial score (nSPS) is 14.7. The Kier molecular flexibility index (Phi) is 8.76. The molecule has 2 aromatic rings. The molecule has 0 atom stereocenters. The Morgan fingerprint density at radius 1 is 1.32 bits per heavy atom. The lowest BCUT2D eigenvalue weighted by Gasteiger charge is -2.27. The first-order valence-electron chi connectivity index (χ1n) is 9.61. The van der Waals surface area contributed by atoms with E-state index in [4.69, 9.17) is 11.6 Å². The van der Waals surface area contributed by atoms with Crippen molar-refractivity contribution in [3.63, 3.8) is 0 Å². The Morgan fingerprint density at radius 2 is 2.07 bits per heavy atom. The predicted octanol–water partition coefficient (Wildman–Crippen LogP) is 3.10. The van der Waals surface area contributed by atoms with Crippen LogP contribution in [-0.4, -0.2) is 59.9 Å². The van der Waals surface area contributed by atoms with Crippen molar-refractivity contribution >= 4 is 29.9 Å². The van der Waals surface area contributed by atoms with E-state index in [9.17, 15) is 4.79 Å². The number of piperazine rings is 1. The molecule has 28 heavy (non-hydrogen) atoms. The largest absolute Gasteiger partial charge is 0.352 e. The van der Waals surface area contributed by atoms with E-state index in [1.165, 1.54) is 0 Å². The number of halogens is 2. The summed E-state index contributed by atoms with van der Waals surface area (Å²) in [5, 5.41) is 11.5. The van der Waals surface area contributed by atoms with E-state index in [1.54, 1.807) is 6.20 Å². The van der Waals surface area contributed by atoms with Crippen molar-refractivity contribution in [3.8, 4) is 5.69 Å². The van der Waals surface area contributed by atoms with E-state index >= 15 is 0 Å². The van der Waals surface area contributed by atoms with Crippen molar-refractivity contribution in [1.82, 2.24) is 25.3 Å². The van der Waals surface area contributed by atoms with Crippen LogP contribution >= 0.6 is 24.0 Å². The molecule has 1 saturated heterocycles. The first-order chi connectivity index (χ1) is 13.1. The molecule has 8 heteroatoms. The van der Waals surface area contributed by atoms with Gasteiger partial charge in [0.1, 0.15) is 0 Å². The lowest BCUT2D eigenvalue weighted by Crippen LogP contribution is -2.44. The van der Waals surface area contributed by atoms with E-state index in [-0.39, 0.29) is 24.2 Å². The van der Waals surface area contributed by atoms with Crippen molar-refractivity contribution in [2.45, 2.75) is 26.2 Å². The monoisotopic (exact) mass is 425 g/mol. The highest BCUT2D eigenvalue weighted by Crippen LogP contribution is 2.24. The molecule has 0 radical (unpaired) electrons. The van der Waals surface area contributed by atoms with E-state index in [0.29, 0.717) is 17.1 Å². The maximum Gasteiger partial charge on any atom is 0.254 e. The van der Waals surface area contributed by atoms with Gasteiger partial charge in [-0.2, -0.15) is 5.10 Å². The van der Waals surface area contributed by atoms with Crippen molar-refractivity contribution in [3.05, 3.63) is 46.7 Å². The molecule has 1 aliphatic rings. The summed E-state index contributed by atoms with van der Waals surface area (Å²) in [6.45, 7) is 10.1. The third-order valence-electron chi connectivity index (χ3n) is 4.80. The van der Waals surface area contributed by atoms with Gasteiger partial charge in [-0.05, 0) is 37.1 Å². The number of amides is 1. The van der Waals surface area contributed by atoms with Crippen LogP contribution in [0.2, 0.25) is 5.02 Å². The maximum atomic E-state index is 12.7. The number of carbonyl (C=O) groups excluding carboxylic acids is 1. The molecular formula is C20H29Cl2N5O. The summed E-state index contributed by atoms with van der Waals surface area (Å²) >= 11 is 6.12. The van der Waals surface area contributed by atoms with E-state index in [2.05, 4.69) is 34.5 Å². The molecule has 1 amide bonds. The van der Waals surface area contributed by atoms with Crippen LogP contribution in [0.3, 0.4) is 0 Å². The summed E-state index contributed by atoms with van der Waals surface area (Å²) in [6, 6.07) is 7.52. The number of nitrogens with one attached hydrogen (secondary N) is 2. The fourth-order valence-electron chi connectivity index (χ4n) is 3.44. The van der Waals surface area contributed by atoms with Crippen LogP contribution in [0.25, 0.3) is 5.69 Å². The van der Waals surface area contributed by atoms with E-state index in [1.807, 2.05) is 28.9 Å². The average Bonchev–Trinajstić information content (AvgIpc) is 3.11. The molecular weight excluding hydrogens is 397 g/mol. The minimum absolute atomic E-state index is 0. The Balaban J connectivity index is 0.00000280. The van der Waals surface area contributed by atoms with Crippen molar-refractivity contribution in [2.24, 2.45) is 0 Å². The van der Waals surface area contributed by atoms with Gasteiger partial charge in [0.05, 0.1) is 23.1 Å². The van der Waals surface area contributed by atoms with Gasteiger partial charge in [0.25, 0.3) is 5.91 Å². The van der Waals surface area contributed by atoms with Crippen LogP contribution in [0.15, 0.2) is 30.5 Å². The molecule has 1 aromatic heterocycles. The topological polar surface area (TPSA) is 62.2 Å². The van der Waals surface area contributed by atoms with Crippen molar-refractivity contribution in [2.75, 3.05) is 39.3 Å². The number of carbonyl (C=O) groups is 1. The van der Waals surface area contributed by atoms with Crippen LogP contribution in [0.1, 0.15) is 42.2 Å². The third kappa shape index (κ3) is 5.70. The van der Waals surface area contributed by atoms with Gasteiger partial charge >= 0.3 is 0 Å². The SMILES string of the molecule is CC(C)c1c(C(=O)NCCCN2CCNCC2)cnn1-c1cccc(Cl)c1.Cl. The third-order valence-corrected chi connectivity index (χ3v) is 5.03. The lowest BCUT2D eigenvalue weighted by atomic mass is 10.0. The number of nitrogens with zero attached hydrogens (tertiary/aromatic N) is 3. The Labute approximate surface area is 178 Å². The molecule has 0 unspecified atom stereocenters. The zero-order chi connectivity index (χ0) is 19.2. The molecule has 0 saturated carbocycles. The molecule has 0 aliphatic carbocycles. The fourth-order valence-corrected chi connectivity index (χ4v) is 3.62. The Morgan fingerprint density at radius 3 is 2.75 bits per heavy atom. The maximum absolute atomic E-state index is 12.7.